The molecule has 1 aromatic carbocycles. The van der Waals surface area contributed by atoms with Gasteiger partial charge in [-0.15, -0.1) is 0 Å². The highest BCUT2D eigenvalue weighted by molar-refractivity contribution is 7.89. The fraction of sp³-hybridized carbons (Fsp3) is 0.632. The summed E-state index contributed by atoms with van der Waals surface area (Å²) in [6.45, 7) is 9.86. The van der Waals surface area contributed by atoms with Crippen molar-refractivity contribution in [3.05, 3.63) is 35.4 Å². The SMILES string of the molecule is CCS(=O)(=O)N1CCN(Cc2cccc(C(=O)NCCC(C)C)c2)CC1. The maximum atomic E-state index is 12.3. The molecule has 146 valence electrons. The van der Waals surface area contributed by atoms with Gasteiger partial charge in [-0.05, 0) is 37.0 Å². The molecule has 2 rings (SSSR count). The normalized spacial score (nSPS) is 16.8. The predicted octanol–water partition coefficient (Wildman–Crippen LogP) is 1.93. The Bertz CT molecular complexity index is 696. The van der Waals surface area contributed by atoms with E-state index in [9.17, 15) is 13.2 Å². The average Bonchev–Trinajstić information content (AvgIpc) is 2.62. The molecule has 0 radical (unpaired) electrons. The molecular formula is C19H31N3O3S. The van der Waals surface area contributed by atoms with Gasteiger partial charge in [-0.2, -0.15) is 4.31 Å². The lowest BCUT2D eigenvalue weighted by Crippen LogP contribution is -2.48. The molecule has 1 saturated heterocycles. The average molecular weight is 382 g/mol. The summed E-state index contributed by atoms with van der Waals surface area (Å²) in [5.74, 6) is 0.684. The van der Waals surface area contributed by atoms with E-state index in [0.717, 1.165) is 18.5 Å². The van der Waals surface area contributed by atoms with Crippen LogP contribution in [0.5, 0.6) is 0 Å². The molecule has 0 unspecified atom stereocenters. The van der Waals surface area contributed by atoms with Crippen molar-refractivity contribution >= 4 is 15.9 Å². The first-order valence-electron chi connectivity index (χ1n) is 9.39. The van der Waals surface area contributed by atoms with Gasteiger partial charge < -0.3 is 5.32 Å². The Morgan fingerprint density at radius 2 is 1.88 bits per heavy atom. The molecular weight excluding hydrogens is 350 g/mol. The van der Waals surface area contributed by atoms with Gasteiger partial charge in [0.2, 0.25) is 10.0 Å². The van der Waals surface area contributed by atoms with Gasteiger partial charge in [0.1, 0.15) is 0 Å². The van der Waals surface area contributed by atoms with Crippen LogP contribution in [0.2, 0.25) is 0 Å². The zero-order valence-electron chi connectivity index (χ0n) is 16.1. The summed E-state index contributed by atoms with van der Waals surface area (Å²) < 4.78 is 25.4. The Hall–Kier alpha value is -1.44. The van der Waals surface area contributed by atoms with Gasteiger partial charge in [0.15, 0.2) is 0 Å². The van der Waals surface area contributed by atoms with Crippen LogP contribution in [0.4, 0.5) is 0 Å². The number of sulfonamides is 1. The van der Waals surface area contributed by atoms with Crippen molar-refractivity contribution in [1.82, 2.24) is 14.5 Å². The van der Waals surface area contributed by atoms with E-state index >= 15 is 0 Å². The zero-order chi connectivity index (χ0) is 19.2. The van der Waals surface area contributed by atoms with Crippen LogP contribution in [0.3, 0.4) is 0 Å². The molecule has 0 spiro atoms. The second-order valence-electron chi connectivity index (χ2n) is 7.21. The van der Waals surface area contributed by atoms with Crippen molar-refractivity contribution in [1.29, 1.82) is 0 Å². The third-order valence-corrected chi connectivity index (χ3v) is 6.57. The Morgan fingerprint density at radius 3 is 2.50 bits per heavy atom. The van der Waals surface area contributed by atoms with E-state index in [1.807, 2.05) is 24.3 Å². The first-order chi connectivity index (χ1) is 12.3. The molecule has 1 amide bonds. The van der Waals surface area contributed by atoms with E-state index in [2.05, 4.69) is 24.1 Å². The Kier molecular flexibility index (Phi) is 7.61. The number of piperazine rings is 1. The molecule has 1 fully saturated rings. The van der Waals surface area contributed by atoms with Crippen LogP contribution in [0, 0.1) is 5.92 Å². The second kappa shape index (κ2) is 9.48. The minimum atomic E-state index is -3.10. The van der Waals surface area contributed by atoms with E-state index < -0.39 is 10.0 Å². The standard InChI is InChI=1S/C19H31N3O3S/c1-4-26(24,25)22-12-10-21(11-13-22)15-17-6-5-7-18(14-17)19(23)20-9-8-16(2)3/h5-7,14,16H,4,8-13,15H2,1-3H3,(H,20,23). The van der Waals surface area contributed by atoms with Crippen LogP contribution in [0.25, 0.3) is 0 Å². The van der Waals surface area contributed by atoms with Gasteiger partial charge in [-0.25, -0.2) is 8.42 Å². The zero-order valence-corrected chi connectivity index (χ0v) is 16.9. The van der Waals surface area contributed by atoms with E-state index in [0.29, 0.717) is 44.2 Å². The van der Waals surface area contributed by atoms with Crippen molar-refractivity contribution in [2.75, 3.05) is 38.5 Å². The first kappa shape index (κ1) is 20.9. The molecule has 6 nitrogen and oxygen atoms in total. The number of benzene rings is 1. The molecule has 1 aliphatic rings. The lowest BCUT2D eigenvalue weighted by atomic mass is 10.1. The largest absolute Gasteiger partial charge is 0.352 e. The van der Waals surface area contributed by atoms with Crippen molar-refractivity contribution in [2.24, 2.45) is 5.92 Å². The first-order valence-corrected chi connectivity index (χ1v) is 11.0. The molecule has 0 saturated carbocycles. The minimum Gasteiger partial charge on any atom is -0.352 e. The highest BCUT2D eigenvalue weighted by atomic mass is 32.2. The van der Waals surface area contributed by atoms with E-state index in [-0.39, 0.29) is 11.7 Å². The van der Waals surface area contributed by atoms with Gasteiger partial charge in [-0.1, -0.05) is 26.0 Å². The summed E-state index contributed by atoms with van der Waals surface area (Å²) >= 11 is 0. The topological polar surface area (TPSA) is 69.7 Å². The summed E-state index contributed by atoms with van der Waals surface area (Å²) in [5, 5.41) is 2.96. The molecule has 1 aromatic rings. The third-order valence-electron chi connectivity index (χ3n) is 4.69. The van der Waals surface area contributed by atoms with Crippen LogP contribution in [0.15, 0.2) is 24.3 Å². The fourth-order valence-corrected chi connectivity index (χ4v) is 4.08. The molecule has 26 heavy (non-hydrogen) atoms. The highest BCUT2D eigenvalue weighted by Crippen LogP contribution is 2.13. The molecule has 1 heterocycles. The fourth-order valence-electron chi connectivity index (χ4n) is 2.99. The second-order valence-corrected chi connectivity index (χ2v) is 9.47. The van der Waals surface area contributed by atoms with E-state index in [1.54, 1.807) is 11.2 Å². The van der Waals surface area contributed by atoms with Crippen molar-refractivity contribution in [2.45, 2.75) is 33.7 Å². The van der Waals surface area contributed by atoms with Crippen molar-refractivity contribution in [3.8, 4) is 0 Å². The van der Waals surface area contributed by atoms with Crippen molar-refractivity contribution < 1.29 is 13.2 Å². The Labute approximate surface area is 157 Å². The molecule has 0 aliphatic carbocycles. The van der Waals surface area contributed by atoms with Gasteiger partial charge in [0.25, 0.3) is 5.91 Å². The van der Waals surface area contributed by atoms with Crippen molar-refractivity contribution in [3.63, 3.8) is 0 Å². The maximum absolute atomic E-state index is 12.3. The van der Waals surface area contributed by atoms with Crippen LogP contribution >= 0.6 is 0 Å². The molecule has 1 N–H and O–H groups in total. The van der Waals surface area contributed by atoms with Crippen LogP contribution in [0.1, 0.15) is 43.1 Å². The number of carbonyl (C=O) groups excluding carboxylic acids is 1. The number of hydrogen-bond acceptors (Lipinski definition) is 4. The number of nitrogens with zero attached hydrogens (tertiary/aromatic N) is 2. The maximum Gasteiger partial charge on any atom is 0.251 e. The summed E-state index contributed by atoms with van der Waals surface area (Å²) in [7, 11) is -3.10. The van der Waals surface area contributed by atoms with Gasteiger partial charge in [0, 0.05) is 44.8 Å². The number of amides is 1. The number of rotatable bonds is 8. The summed E-state index contributed by atoms with van der Waals surface area (Å²) in [6, 6.07) is 7.68. The summed E-state index contributed by atoms with van der Waals surface area (Å²) in [5.41, 5.74) is 1.76. The Balaban J connectivity index is 1.88. The molecule has 0 atom stereocenters. The summed E-state index contributed by atoms with van der Waals surface area (Å²) in [4.78, 5) is 14.5. The Morgan fingerprint density at radius 1 is 1.19 bits per heavy atom. The molecule has 0 aromatic heterocycles. The number of carbonyl (C=O) groups is 1. The summed E-state index contributed by atoms with van der Waals surface area (Å²) in [6.07, 6.45) is 0.969. The van der Waals surface area contributed by atoms with Crippen LogP contribution < -0.4 is 5.32 Å². The highest BCUT2D eigenvalue weighted by Gasteiger charge is 2.25. The van der Waals surface area contributed by atoms with E-state index in [4.69, 9.17) is 0 Å². The third kappa shape index (κ3) is 6.07. The number of hydrogen-bond donors (Lipinski definition) is 1. The van der Waals surface area contributed by atoms with Crippen LogP contribution in [-0.4, -0.2) is 62.0 Å². The predicted molar refractivity (Wildman–Crippen MR) is 105 cm³/mol. The monoisotopic (exact) mass is 381 g/mol. The minimum absolute atomic E-state index is 0.0358. The van der Waals surface area contributed by atoms with E-state index in [1.165, 1.54) is 0 Å². The smallest absolute Gasteiger partial charge is 0.251 e. The van der Waals surface area contributed by atoms with Gasteiger partial charge in [0.05, 0.1) is 5.75 Å². The van der Waals surface area contributed by atoms with Gasteiger partial charge in [-0.3, -0.25) is 9.69 Å². The molecule has 7 heteroatoms. The van der Waals surface area contributed by atoms with Crippen LogP contribution in [-0.2, 0) is 16.6 Å². The lowest BCUT2D eigenvalue weighted by Gasteiger charge is -2.33. The number of nitrogens with one attached hydrogen (secondary N) is 1. The quantitative estimate of drug-likeness (QED) is 0.747. The molecule has 1 aliphatic heterocycles. The van der Waals surface area contributed by atoms with Gasteiger partial charge >= 0.3 is 0 Å². The molecule has 0 bridgehead atoms. The lowest BCUT2D eigenvalue weighted by molar-refractivity contribution is 0.0951.